The van der Waals surface area contributed by atoms with Gasteiger partial charge in [0.15, 0.2) is 0 Å². The van der Waals surface area contributed by atoms with E-state index in [4.69, 9.17) is 0 Å². The van der Waals surface area contributed by atoms with Crippen LogP contribution < -0.4 is 0 Å². The average molecular weight is 226 g/mol. The molecule has 0 aromatic rings. The number of Topliss-reactive ketones (excluding diaryl/α,β-unsaturated/α-hetero) is 1. The molecule has 0 spiro atoms. The van der Waals surface area contributed by atoms with Crippen LogP contribution in [0.4, 0.5) is 0 Å². The second-order valence-electron chi connectivity index (χ2n) is 5.75. The lowest BCUT2D eigenvalue weighted by Crippen LogP contribution is -2.20. The van der Waals surface area contributed by atoms with Crippen LogP contribution in [0.25, 0.3) is 0 Å². The van der Waals surface area contributed by atoms with Crippen molar-refractivity contribution in [1.29, 1.82) is 0 Å². The molecule has 0 aliphatic heterocycles. The van der Waals surface area contributed by atoms with Gasteiger partial charge in [0.05, 0.1) is 0 Å². The summed E-state index contributed by atoms with van der Waals surface area (Å²) in [5.74, 6) is 2.09. The molecule has 0 aliphatic rings. The molecule has 1 nitrogen and oxygen atoms in total. The first-order valence-corrected chi connectivity index (χ1v) is 7.01. The van der Waals surface area contributed by atoms with Crippen LogP contribution in [0.15, 0.2) is 0 Å². The van der Waals surface area contributed by atoms with E-state index in [9.17, 15) is 4.79 Å². The van der Waals surface area contributed by atoms with Crippen molar-refractivity contribution in [3.63, 3.8) is 0 Å². The highest BCUT2D eigenvalue weighted by Gasteiger charge is 2.20. The van der Waals surface area contributed by atoms with Crippen LogP contribution in [0.1, 0.15) is 73.1 Å². The maximum Gasteiger partial charge on any atom is 0.136 e. The molecule has 0 radical (unpaired) electrons. The lowest BCUT2D eigenvalue weighted by Gasteiger charge is -2.18. The molecule has 0 aromatic heterocycles. The lowest BCUT2D eigenvalue weighted by atomic mass is 9.85. The Bertz CT molecular complexity index is 182. The molecule has 0 N–H and O–H groups in total. The van der Waals surface area contributed by atoms with Gasteiger partial charge in [-0.15, -0.1) is 0 Å². The van der Waals surface area contributed by atoms with E-state index in [1.54, 1.807) is 0 Å². The number of carbonyl (C=O) groups excluding carboxylic acids is 1. The predicted octanol–water partition coefficient (Wildman–Crippen LogP) is 4.84. The highest BCUT2D eigenvalue weighted by atomic mass is 16.1. The number of rotatable bonds is 9. The van der Waals surface area contributed by atoms with Gasteiger partial charge in [0.1, 0.15) is 5.78 Å². The molecule has 0 aliphatic carbocycles. The first kappa shape index (κ1) is 15.7. The molecule has 0 amide bonds. The van der Waals surface area contributed by atoms with E-state index in [0.29, 0.717) is 17.6 Å². The molecule has 16 heavy (non-hydrogen) atoms. The zero-order chi connectivity index (χ0) is 12.6. The van der Waals surface area contributed by atoms with Crippen molar-refractivity contribution in [2.75, 3.05) is 0 Å². The first-order chi connectivity index (χ1) is 7.49. The van der Waals surface area contributed by atoms with Crippen LogP contribution in [-0.4, -0.2) is 5.78 Å². The Hall–Kier alpha value is -0.330. The van der Waals surface area contributed by atoms with E-state index in [0.717, 1.165) is 31.6 Å². The van der Waals surface area contributed by atoms with Gasteiger partial charge in [0.25, 0.3) is 0 Å². The normalized spacial score (nSPS) is 13.4. The third-order valence-corrected chi connectivity index (χ3v) is 3.27. The van der Waals surface area contributed by atoms with Gasteiger partial charge in [-0.25, -0.2) is 0 Å². The van der Waals surface area contributed by atoms with Crippen molar-refractivity contribution >= 4 is 5.78 Å². The van der Waals surface area contributed by atoms with Crippen LogP contribution in [0, 0.1) is 17.8 Å². The summed E-state index contributed by atoms with van der Waals surface area (Å²) in [7, 11) is 0. The Morgan fingerprint density at radius 1 is 1.00 bits per heavy atom. The van der Waals surface area contributed by atoms with Crippen molar-refractivity contribution < 1.29 is 4.79 Å². The molecule has 0 heterocycles. The molecule has 0 saturated heterocycles. The molecule has 0 rings (SSSR count). The number of hydrogen-bond donors (Lipinski definition) is 0. The van der Waals surface area contributed by atoms with Crippen molar-refractivity contribution in [3.8, 4) is 0 Å². The van der Waals surface area contributed by atoms with Crippen LogP contribution in [0.2, 0.25) is 0 Å². The molecule has 96 valence electrons. The maximum absolute atomic E-state index is 12.0. The quantitative estimate of drug-likeness (QED) is 0.514. The third-order valence-electron chi connectivity index (χ3n) is 3.27. The number of unbranched alkanes of at least 4 members (excludes halogenated alkanes) is 1. The number of carbonyl (C=O) groups is 1. The van der Waals surface area contributed by atoms with Crippen molar-refractivity contribution in [2.45, 2.75) is 73.1 Å². The minimum Gasteiger partial charge on any atom is -0.299 e. The average Bonchev–Trinajstić information content (AvgIpc) is 2.19. The van der Waals surface area contributed by atoms with E-state index in [1.807, 2.05) is 0 Å². The van der Waals surface area contributed by atoms with Crippen LogP contribution in [0.3, 0.4) is 0 Å². The lowest BCUT2D eigenvalue weighted by molar-refractivity contribution is -0.124. The minimum absolute atomic E-state index is 0.309. The SMILES string of the molecule is CCCC(C(=O)CCCCC(C)C)C(C)C. The summed E-state index contributed by atoms with van der Waals surface area (Å²) >= 11 is 0. The highest BCUT2D eigenvalue weighted by molar-refractivity contribution is 5.81. The van der Waals surface area contributed by atoms with E-state index in [1.165, 1.54) is 12.8 Å². The molecule has 1 atom stereocenters. The topological polar surface area (TPSA) is 17.1 Å². The maximum atomic E-state index is 12.0. The van der Waals surface area contributed by atoms with Gasteiger partial charge in [-0.1, -0.05) is 53.9 Å². The Morgan fingerprint density at radius 2 is 1.62 bits per heavy atom. The van der Waals surface area contributed by atoms with Gasteiger partial charge in [-0.05, 0) is 24.7 Å². The molecule has 1 heteroatoms. The van der Waals surface area contributed by atoms with Crippen molar-refractivity contribution in [1.82, 2.24) is 0 Å². The molecular formula is C15H30O. The van der Waals surface area contributed by atoms with Gasteiger partial charge in [0, 0.05) is 12.3 Å². The van der Waals surface area contributed by atoms with Gasteiger partial charge >= 0.3 is 0 Å². The Balaban J connectivity index is 3.83. The Labute approximate surface area is 102 Å². The van der Waals surface area contributed by atoms with Crippen LogP contribution >= 0.6 is 0 Å². The van der Waals surface area contributed by atoms with E-state index < -0.39 is 0 Å². The fourth-order valence-corrected chi connectivity index (χ4v) is 2.21. The number of ketones is 1. The first-order valence-electron chi connectivity index (χ1n) is 7.01. The fraction of sp³-hybridized carbons (Fsp3) is 0.933. The summed E-state index contributed by atoms with van der Waals surface area (Å²) in [5, 5.41) is 0. The Kier molecular flexibility index (Phi) is 8.60. The largest absolute Gasteiger partial charge is 0.299 e. The molecular weight excluding hydrogens is 196 g/mol. The fourth-order valence-electron chi connectivity index (χ4n) is 2.21. The van der Waals surface area contributed by atoms with Gasteiger partial charge in [0.2, 0.25) is 0 Å². The highest BCUT2D eigenvalue weighted by Crippen LogP contribution is 2.21. The van der Waals surface area contributed by atoms with Crippen LogP contribution in [0.5, 0.6) is 0 Å². The zero-order valence-electron chi connectivity index (χ0n) is 11.9. The van der Waals surface area contributed by atoms with E-state index in [-0.39, 0.29) is 0 Å². The third kappa shape index (κ3) is 7.03. The summed E-state index contributed by atoms with van der Waals surface area (Å²) in [6.07, 6.45) is 6.55. The Morgan fingerprint density at radius 3 is 2.06 bits per heavy atom. The smallest absolute Gasteiger partial charge is 0.136 e. The molecule has 0 aromatic carbocycles. The standard InChI is InChI=1S/C15H30O/c1-6-9-14(13(4)5)15(16)11-8-7-10-12(2)3/h12-14H,6-11H2,1-5H3. The molecule has 0 bridgehead atoms. The monoisotopic (exact) mass is 226 g/mol. The van der Waals surface area contributed by atoms with Gasteiger partial charge < -0.3 is 0 Å². The van der Waals surface area contributed by atoms with Crippen molar-refractivity contribution in [2.24, 2.45) is 17.8 Å². The summed E-state index contributed by atoms with van der Waals surface area (Å²) in [6, 6.07) is 0. The van der Waals surface area contributed by atoms with E-state index >= 15 is 0 Å². The predicted molar refractivity (Wildman–Crippen MR) is 71.5 cm³/mol. The zero-order valence-corrected chi connectivity index (χ0v) is 11.9. The summed E-state index contributed by atoms with van der Waals surface area (Å²) in [4.78, 5) is 12.0. The molecule has 0 fully saturated rings. The second-order valence-corrected chi connectivity index (χ2v) is 5.75. The van der Waals surface area contributed by atoms with Crippen LogP contribution in [-0.2, 0) is 4.79 Å². The summed E-state index contributed by atoms with van der Waals surface area (Å²) < 4.78 is 0. The van der Waals surface area contributed by atoms with Crippen molar-refractivity contribution in [3.05, 3.63) is 0 Å². The number of hydrogen-bond acceptors (Lipinski definition) is 1. The summed E-state index contributed by atoms with van der Waals surface area (Å²) in [5.41, 5.74) is 0. The van der Waals surface area contributed by atoms with E-state index in [2.05, 4.69) is 34.6 Å². The summed E-state index contributed by atoms with van der Waals surface area (Å²) in [6.45, 7) is 11.0. The van der Waals surface area contributed by atoms with Gasteiger partial charge in [-0.2, -0.15) is 0 Å². The second kappa shape index (κ2) is 8.78. The minimum atomic E-state index is 0.309. The molecule has 0 saturated carbocycles. The van der Waals surface area contributed by atoms with Gasteiger partial charge in [-0.3, -0.25) is 4.79 Å². The molecule has 1 unspecified atom stereocenters.